The van der Waals surface area contributed by atoms with Gasteiger partial charge in [-0.3, -0.25) is 14.4 Å². The second-order valence-electron chi connectivity index (χ2n) is 7.47. The standard InChI is InChI=1S/C22H22N4O3/c1-14-7-9-16(10-8-14)26-12-15(11-20(26)27)22(29)25(2)13-19-23-18-6-4-3-5-17(18)21(28)24-19/h3-10,15H,11-13H2,1-2H3,(H,23,24,28)/t15-/m1/s1. The van der Waals surface area contributed by atoms with Gasteiger partial charge in [-0.15, -0.1) is 0 Å². The molecule has 29 heavy (non-hydrogen) atoms. The smallest absolute Gasteiger partial charge is 0.258 e. The highest BCUT2D eigenvalue weighted by Crippen LogP contribution is 2.26. The number of rotatable bonds is 4. The zero-order chi connectivity index (χ0) is 20.5. The lowest BCUT2D eigenvalue weighted by atomic mass is 10.1. The maximum Gasteiger partial charge on any atom is 0.258 e. The molecule has 7 heteroatoms. The number of aryl methyl sites for hydroxylation is 1. The molecule has 1 aliphatic heterocycles. The average Bonchev–Trinajstić information content (AvgIpc) is 3.09. The fourth-order valence-electron chi connectivity index (χ4n) is 3.67. The number of hydrogen-bond acceptors (Lipinski definition) is 4. The minimum Gasteiger partial charge on any atom is -0.338 e. The molecule has 0 aliphatic carbocycles. The maximum atomic E-state index is 12.9. The van der Waals surface area contributed by atoms with Gasteiger partial charge in [0, 0.05) is 25.7 Å². The van der Waals surface area contributed by atoms with Gasteiger partial charge in [0.05, 0.1) is 23.4 Å². The SMILES string of the molecule is Cc1ccc(N2C[C@H](C(=O)N(C)Cc3nc4ccccc4c(=O)[nH]3)CC2=O)cc1. The van der Waals surface area contributed by atoms with Gasteiger partial charge in [0.15, 0.2) is 0 Å². The van der Waals surface area contributed by atoms with Crippen LogP contribution < -0.4 is 10.5 Å². The van der Waals surface area contributed by atoms with Crippen molar-refractivity contribution in [2.45, 2.75) is 19.9 Å². The van der Waals surface area contributed by atoms with Crippen molar-refractivity contribution in [3.63, 3.8) is 0 Å². The van der Waals surface area contributed by atoms with Gasteiger partial charge in [0.25, 0.3) is 5.56 Å². The number of anilines is 1. The van der Waals surface area contributed by atoms with Crippen LogP contribution in [-0.2, 0) is 16.1 Å². The van der Waals surface area contributed by atoms with E-state index in [1.807, 2.05) is 37.3 Å². The number of benzene rings is 2. The van der Waals surface area contributed by atoms with Crippen molar-refractivity contribution in [3.8, 4) is 0 Å². The van der Waals surface area contributed by atoms with Crippen molar-refractivity contribution in [3.05, 3.63) is 70.3 Å². The van der Waals surface area contributed by atoms with E-state index in [2.05, 4.69) is 9.97 Å². The molecule has 2 amide bonds. The van der Waals surface area contributed by atoms with E-state index in [-0.39, 0.29) is 30.3 Å². The Morgan fingerprint density at radius 3 is 2.66 bits per heavy atom. The Hall–Kier alpha value is -3.48. The second kappa shape index (κ2) is 7.50. The molecule has 1 saturated heterocycles. The Morgan fingerprint density at radius 2 is 1.90 bits per heavy atom. The molecule has 2 heterocycles. The molecule has 0 radical (unpaired) electrons. The largest absolute Gasteiger partial charge is 0.338 e. The lowest BCUT2D eigenvalue weighted by Gasteiger charge is -2.21. The third-order valence-electron chi connectivity index (χ3n) is 5.24. The van der Waals surface area contributed by atoms with E-state index in [1.54, 1.807) is 30.1 Å². The molecule has 0 bridgehead atoms. The molecule has 0 spiro atoms. The Kier molecular flexibility index (Phi) is 4.88. The summed E-state index contributed by atoms with van der Waals surface area (Å²) < 4.78 is 0. The molecular formula is C22H22N4O3. The van der Waals surface area contributed by atoms with Crippen LogP contribution in [0.1, 0.15) is 17.8 Å². The number of hydrogen-bond donors (Lipinski definition) is 1. The third-order valence-corrected chi connectivity index (χ3v) is 5.24. The summed E-state index contributed by atoms with van der Waals surface area (Å²) in [5.74, 6) is -0.188. The van der Waals surface area contributed by atoms with Crippen LogP contribution >= 0.6 is 0 Å². The summed E-state index contributed by atoms with van der Waals surface area (Å²) in [4.78, 5) is 47.9. The number of H-pyrrole nitrogens is 1. The summed E-state index contributed by atoms with van der Waals surface area (Å²) in [5, 5.41) is 0.514. The number of para-hydroxylation sites is 1. The van der Waals surface area contributed by atoms with Crippen LogP contribution in [0.2, 0.25) is 0 Å². The van der Waals surface area contributed by atoms with E-state index in [0.29, 0.717) is 23.3 Å². The average molecular weight is 390 g/mol. The molecule has 1 N–H and O–H groups in total. The molecule has 4 rings (SSSR count). The number of aromatic amines is 1. The fourth-order valence-corrected chi connectivity index (χ4v) is 3.67. The van der Waals surface area contributed by atoms with Gasteiger partial charge in [0.2, 0.25) is 11.8 Å². The van der Waals surface area contributed by atoms with E-state index in [1.165, 1.54) is 4.90 Å². The van der Waals surface area contributed by atoms with Gasteiger partial charge in [-0.05, 0) is 31.2 Å². The van der Waals surface area contributed by atoms with Crippen LogP contribution in [0, 0.1) is 12.8 Å². The maximum absolute atomic E-state index is 12.9. The van der Waals surface area contributed by atoms with Gasteiger partial charge < -0.3 is 14.8 Å². The number of amides is 2. The van der Waals surface area contributed by atoms with Crippen molar-refractivity contribution < 1.29 is 9.59 Å². The molecule has 148 valence electrons. The van der Waals surface area contributed by atoms with Crippen LogP contribution in [0.15, 0.2) is 53.3 Å². The van der Waals surface area contributed by atoms with Crippen molar-refractivity contribution in [2.75, 3.05) is 18.5 Å². The highest BCUT2D eigenvalue weighted by Gasteiger charge is 2.36. The summed E-state index contributed by atoms with van der Waals surface area (Å²) in [6.45, 7) is 2.52. The highest BCUT2D eigenvalue weighted by atomic mass is 16.2. The number of carbonyl (C=O) groups excluding carboxylic acids is 2. The zero-order valence-corrected chi connectivity index (χ0v) is 16.4. The van der Waals surface area contributed by atoms with Crippen LogP contribution in [0.5, 0.6) is 0 Å². The quantitative estimate of drug-likeness (QED) is 0.740. The minimum absolute atomic E-state index is 0.0576. The zero-order valence-electron chi connectivity index (χ0n) is 16.4. The predicted molar refractivity (Wildman–Crippen MR) is 110 cm³/mol. The Morgan fingerprint density at radius 1 is 1.17 bits per heavy atom. The highest BCUT2D eigenvalue weighted by molar-refractivity contribution is 6.00. The van der Waals surface area contributed by atoms with Crippen molar-refractivity contribution in [2.24, 2.45) is 5.92 Å². The predicted octanol–water partition coefficient (Wildman–Crippen LogP) is 2.24. The Labute approximate surface area is 168 Å². The topological polar surface area (TPSA) is 86.4 Å². The first kappa shape index (κ1) is 18.9. The van der Waals surface area contributed by atoms with Crippen LogP contribution in [0.3, 0.4) is 0 Å². The first-order chi connectivity index (χ1) is 13.9. The lowest BCUT2D eigenvalue weighted by Crippen LogP contribution is -2.35. The summed E-state index contributed by atoms with van der Waals surface area (Å²) >= 11 is 0. The fraction of sp³-hybridized carbons (Fsp3) is 0.273. The normalized spacial score (nSPS) is 16.4. The molecule has 0 saturated carbocycles. The first-order valence-corrected chi connectivity index (χ1v) is 9.52. The van der Waals surface area contributed by atoms with Crippen LogP contribution in [0.4, 0.5) is 5.69 Å². The lowest BCUT2D eigenvalue weighted by molar-refractivity contribution is -0.135. The van der Waals surface area contributed by atoms with Gasteiger partial charge in [0.1, 0.15) is 5.82 Å². The summed E-state index contributed by atoms with van der Waals surface area (Å²) in [5.41, 5.74) is 2.28. The molecule has 1 aromatic heterocycles. The van der Waals surface area contributed by atoms with Crippen molar-refractivity contribution in [1.82, 2.24) is 14.9 Å². The van der Waals surface area contributed by atoms with Crippen LogP contribution in [0.25, 0.3) is 10.9 Å². The summed E-state index contributed by atoms with van der Waals surface area (Å²) in [6, 6.07) is 14.8. The van der Waals surface area contributed by atoms with Gasteiger partial charge in [-0.1, -0.05) is 29.8 Å². The number of nitrogens with zero attached hydrogens (tertiary/aromatic N) is 3. The molecule has 0 unspecified atom stereocenters. The van der Waals surface area contributed by atoms with E-state index in [0.717, 1.165) is 11.3 Å². The number of nitrogens with one attached hydrogen (secondary N) is 1. The molecule has 1 fully saturated rings. The number of fused-ring (bicyclic) bond motifs is 1. The van der Waals surface area contributed by atoms with Crippen molar-refractivity contribution >= 4 is 28.4 Å². The molecule has 7 nitrogen and oxygen atoms in total. The van der Waals surface area contributed by atoms with Gasteiger partial charge >= 0.3 is 0 Å². The first-order valence-electron chi connectivity index (χ1n) is 9.52. The molecule has 2 aromatic carbocycles. The van der Waals surface area contributed by atoms with Crippen molar-refractivity contribution in [1.29, 1.82) is 0 Å². The summed E-state index contributed by atoms with van der Waals surface area (Å²) in [7, 11) is 1.66. The monoisotopic (exact) mass is 390 g/mol. The molecule has 1 aliphatic rings. The molecule has 1 atom stereocenters. The Bertz CT molecular complexity index is 1140. The Balaban J connectivity index is 1.48. The molecule has 3 aromatic rings. The second-order valence-corrected chi connectivity index (χ2v) is 7.47. The minimum atomic E-state index is -0.416. The van der Waals surface area contributed by atoms with Gasteiger partial charge in [-0.2, -0.15) is 0 Å². The third kappa shape index (κ3) is 3.76. The number of aromatic nitrogens is 2. The van der Waals surface area contributed by atoms with E-state index < -0.39 is 5.92 Å². The van der Waals surface area contributed by atoms with Crippen LogP contribution in [-0.4, -0.2) is 40.3 Å². The van der Waals surface area contributed by atoms with E-state index in [4.69, 9.17) is 0 Å². The summed E-state index contributed by atoms with van der Waals surface area (Å²) in [6.07, 6.45) is 0.179. The molecular weight excluding hydrogens is 368 g/mol. The van der Waals surface area contributed by atoms with E-state index >= 15 is 0 Å². The van der Waals surface area contributed by atoms with Gasteiger partial charge in [-0.25, -0.2) is 4.98 Å². The van der Waals surface area contributed by atoms with E-state index in [9.17, 15) is 14.4 Å². The number of carbonyl (C=O) groups is 2.